The Kier molecular flexibility index (Phi) is 6.17. The Morgan fingerprint density at radius 2 is 1.31 bits per heavy atom. The van der Waals surface area contributed by atoms with Gasteiger partial charge in [-0.15, -0.1) is 0 Å². The van der Waals surface area contributed by atoms with Crippen molar-refractivity contribution in [2.45, 2.75) is 60.8 Å². The summed E-state index contributed by atoms with van der Waals surface area (Å²) in [6, 6.07) is 8.12. The quantitative estimate of drug-likeness (QED) is 0.607. The van der Waals surface area contributed by atoms with Gasteiger partial charge in [-0.2, -0.15) is 0 Å². The van der Waals surface area contributed by atoms with Gasteiger partial charge in [0.2, 0.25) is 0 Å². The molecule has 2 N–H and O–H groups in total. The van der Waals surface area contributed by atoms with Crippen molar-refractivity contribution in [3.8, 4) is 11.5 Å². The molecule has 0 bridgehead atoms. The first kappa shape index (κ1) is 20.1. The predicted molar refractivity (Wildman–Crippen MR) is 110 cm³/mol. The highest BCUT2D eigenvalue weighted by molar-refractivity contribution is 5.53. The van der Waals surface area contributed by atoms with Crippen molar-refractivity contribution in [2.75, 3.05) is 0 Å². The van der Waals surface area contributed by atoms with Crippen LogP contribution in [0.2, 0.25) is 0 Å². The number of hydrogen-bond donors (Lipinski definition) is 2. The van der Waals surface area contributed by atoms with E-state index in [1.807, 2.05) is 26.0 Å². The molecule has 2 heteroatoms. The summed E-state index contributed by atoms with van der Waals surface area (Å²) in [6.45, 7) is 14.4. The van der Waals surface area contributed by atoms with Gasteiger partial charge in [-0.05, 0) is 65.0 Å². The van der Waals surface area contributed by atoms with Crippen LogP contribution >= 0.6 is 0 Å². The Morgan fingerprint density at radius 3 is 1.69 bits per heavy atom. The Balaban J connectivity index is 2.72. The Hall–Kier alpha value is -2.22. The molecule has 0 saturated carbocycles. The highest BCUT2D eigenvalue weighted by Gasteiger charge is 2.28. The number of allylic oxidation sites excluding steroid dienone is 2. The van der Waals surface area contributed by atoms with E-state index in [2.05, 4.69) is 52.8 Å². The third-order valence-electron chi connectivity index (χ3n) is 5.32. The summed E-state index contributed by atoms with van der Waals surface area (Å²) >= 11 is 0. The third-order valence-corrected chi connectivity index (χ3v) is 5.32. The molecule has 26 heavy (non-hydrogen) atoms. The number of phenols is 2. The van der Waals surface area contributed by atoms with Crippen LogP contribution in [-0.4, -0.2) is 10.2 Å². The van der Waals surface area contributed by atoms with Gasteiger partial charge >= 0.3 is 0 Å². The van der Waals surface area contributed by atoms with Gasteiger partial charge in [0.1, 0.15) is 11.5 Å². The molecule has 0 heterocycles. The molecular weight excluding hydrogens is 320 g/mol. The molecule has 1 atom stereocenters. The van der Waals surface area contributed by atoms with Crippen LogP contribution in [0, 0.1) is 33.6 Å². The van der Waals surface area contributed by atoms with E-state index in [1.54, 1.807) is 0 Å². The van der Waals surface area contributed by atoms with Gasteiger partial charge in [-0.25, -0.2) is 0 Å². The lowest BCUT2D eigenvalue weighted by Gasteiger charge is -2.28. The van der Waals surface area contributed by atoms with Crippen LogP contribution in [0.1, 0.15) is 66.5 Å². The van der Waals surface area contributed by atoms with E-state index in [0.29, 0.717) is 11.5 Å². The first-order valence-electron chi connectivity index (χ1n) is 9.37. The summed E-state index contributed by atoms with van der Waals surface area (Å²) in [4.78, 5) is 0. The zero-order valence-electron chi connectivity index (χ0n) is 17.1. The second kappa shape index (κ2) is 7.99. The molecule has 0 aliphatic carbocycles. The van der Waals surface area contributed by atoms with Crippen LogP contribution in [0.25, 0.3) is 0 Å². The van der Waals surface area contributed by atoms with Crippen molar-refractivity contribution < 1.29 is 10.2 Å². The Bertz CT molecular complexity index is 773. The minimum absolute atomic E-state index is 0.0675. The molecule has 0 saturated heterocycles. The lowest BCUT2D eigenvalue weighted by molar-refractivity contribution is 0.420. The van der Waals surface area contributed by atoms with Crippen LogP contribution in [-0.2, 0) is 0 Å². The summed E-state index contributed by atoms with van der Waals surface area (Å²) in [5, 5.41) is 21.7. The molecule has 0 aliphatic heterocycles. The standard InChI is InChI=1S/C24H32O2/c1-8-14(2)9-17(5)22(20-12-15(3)10-18(6)23(20)25)21-13-16(4)11-19(7)24(21)26/h8,10-13,17,22,25-26H,9H2,1-7H3/b14-8+. The van der Waals surface area contributed by atoms with Gasteiger partial charge in [0.15, 0.2) is 0 Å². The van der Waals surface area contributed by atoms with Crippen molar-refractivity contribution >= 4 is 0 Å². The number of phenolic OH excluding ortho intramolecular Hbond substituents is 2. The van der Waals surface area contributed by atoms with Crippen molar-refractivity contribution in [2.24, 2.45) is 5.92 Å². The fourth-order valence-electron chi connectivity index (χ4n) is 3.98. The molecule has 0 aliphatic rings. The zero-order chi connectivity index (χ0) is 19.6. The average molecular weight is 353 g/mol. The number of hydrogen-bond acceptors (Lipinski definition) is 2. The molecule has 0 spiro atoms. The van der Waals surface area contributed by atoms with Gasteiger partial charge in [0.25, 0.3) is 0 Å². The lowest BCUT2D eigenvalue weighted by Crippen LogP contribution is -2.14. The minimum Gasteiger partial charge on any atom is -0.507 e. The Morgan fingerprint density at radius 1 is 0.885 bits per heavy atom. The number of benzene rings is 2. The molecule has 0 fully saturated rings. The van der Waals surface area contributed by atoms with Crippen molar-refractivity contribution in [1.82, 2.24) is 0 Å². The molecule has 2 aromatic carbocycles. The normalized spacial score (nSPS) is 13.3. The van der Waals surface area contributed by atoms with Crippen LogP contribution in [0.4, 0.5) is 0 Å². The maximum atomic E-state index is 10.8. The van der Waals surface area contributed by atoms with E-state index in [-0.39, 0.29) is 11.8 Å². The summed E-state index contributed by atoms with van der Waals surface area (Å²) in [7, 11) is 0. The second-order valence-corrected chi connectivity index (χ2v) is 7.83. The number of rotatable bonds is 5. The summed E-state index contributed by atoms with van der Waals surface area (Å²) in [6.07, 6.45) is 3.05. The highest BCUT2D eigenvalue weighted by atomic mass is 16.3. The van der Waals surface area contributed by atoms with Gasteiger partial charge in [0.05, 0.1) is 0 Å². The largest absolute Gasteiger partial charge is 0.507 e. The second-order valence-electron chi connectivity index (χ2n) is 7.83. The van der Waals surface area contributed by atoms with Gasteiger partial charge < -0.3 is 10.2 Å². The monoisotopic (exact) mass is 352 g/mol. The first-order chi connectivity index (χ1) is 12.1. The minimum atomic E-state index is -0.0675. The highest BCUT2D eigenvalue weighted by Crippen LogP contribution is 2.45. The van der Waals surface area contributed by atoms with Crippen LogP contribution in [0.3, 0.4) is 0 Å². The summed E-state index contributed by atoms with van der Waals surface area (Å²) in [5.41, 5.74) is 7.12. The predicted octanol–water partition coefficient (Wildman–Crippen LogP) is 6.46. The maximum Gasteiger partial charge on any atom is 0.122 e. The molecule has 0 aromatic heterocycles. The molecule has 2 aromatic rings. The molecule has 0 amide bonds. The number of aryl methyl sites for hydroxylation is 4. The topological polar surface area (TPSA) is 40.5 Å². The van der Waals surface area contributed by atoms with Crippen LogP contribution in [0.5, 0.6) is 11.5 Å². The van der Waals surface area contributed by atoms with Crippen LogP contribution in [0.15, 0.2) is 35.9 Å². The maximum absolute atomic E-state index is 10.8. The zero-order valence-corrected chi connectivity index (χ0v) is 17.1. The van der Waals surface area contributed by atoms with Gasteiger partial charge in [-0.1, -0.05) is 54.0 Å². The molecule has 2 rings (SSSR count). The summed E-state index contributed by atoms with van der Waals surface area (Å²) < 4.78 is 0. The third kappa shape index (κ3) is 4.12. The molecular formula is C24H32O2. The molecule has 0 radical (unpaired) electrons. The average Bonchev–Trinajstić information content (AvgIpc) is 2.56. The Labute approximate surface area is 158 Å². The van der Waals surface area contributed by atoms with E-state index in [9.17, 15) is 10.2 Å². The smallest absolute Gasteiger partial charge is 0.122 e. The van der Waals surface area contributed by atoms with Gasteiger partial charge in [-0.3, -0.25) is 0 Å². The van der Waals surface area contributed by atoms with Crippen LogP contribution < -0.4 is 0 Å². The van der Waals surface area contributed by atoms with Crippen molar-refractivity contribution in [1.29, 1.82) is 0 Å². The van der Waals surface area contributed by atoms with E-state index < -0.39 is 0 Å². The first-order valence-corrected chi connectivity index (χ1v) is 9.37. The molecule has 140 valence electrons. The van der Waals surface area contributed by atoms with E-state index in [4.69, 9.17) is 0 Å². The van der Waals surface area contributed by atoms with Crippen molar-refractivity contribution in [3.63, 3.8) is 0 Å². The fourth-order valence-corrected chi connectivity index (χ4v) is 3.98. The van der Waals surface area contributed by atoms with Gasteiger partial charge in [0, 0.05) is 17.0 Å². The molecule has 2 nitrogen and oxygen atoms in total. The van der Waals surface area contributed by atoms with E-state index in [0.717, 1.165) is 39.8 Å². The summed E-state index contributed by atoms with van der Waals surface area (Å²) in [5.74, 6) is 0.848. The fraction of sp³-hybridized carbons (Fsp3) is 0.417. The van der Waals surface area contributed by atoms with E-state index in [1.165, 1.54) is 5.57 Å². The van der Waals surface area contributed by atoms with E-state index >= 15 is 0 Å². The lowest BCUT2D eigenvalue weighted by atomic mass is 9.76. The number of aromatic hydroxyl groups is 2. The van der Waals surface area contributed by atoms with Crippen molar-refractivity contribution in [3.05, 3.63) is 69.3 Å². The molecule has 1 unspecified atom stereocenters. The SMILES string of the molecule is C/C=C(\C)CC(C)C(c1cc(C)cc(C)c1O)c1cc(C)cc(C)c1O.